The van der Waals surface area contributed by atoms with Crippen molar-refractivity contribution >= 4 is 11.7 Å². The Morgan fingerprint density at radius 2 is 2.37 bits per heavy atom. The maximum absolute atomic E-state index is 12.3. The van der Waals surface area contributed by atoms with Gasteiger partial charge < -0.3 is 20.6 Å². The molecule has 0 radical (unpaired) electrons. The summed E-state index contributed by atoms with van der Waals surface area (Å²) >= 11 is 0. The molecule has 8 nitrogen and oxygen atoms in total. The summed E-state index contributed by atoms with van der Waals surface area (Å²) in [6, 6.07) is 0. The number of aromatic nitrogens is 2. The molecule has 1 heterocycles. The minimum atomic E-state index is -0.158. The van der Waals surface area contributed by atoms with Crippen LogP contribution in [0.5, 0.6) is 0 Å². The minimum Gasteiger partial charge on any atom is -0.409 e. The molecule has 106 valence electrons. The number of carbonyl (C=O) groups excluding carboxylic acids is 1. The van der Waals surface area contributed by atoms with E-state index in [1.54, 1.807) is 18.9 Å². The molecule has 0 saturated carbocycles. The van der Waals surface area contributed by atoms with Gasteiger partial charge in [-0.15, -0.1) is 0 Å². The van der Waals surface area contributed by atoms with Crippen molar-refractivity contribution in [2.45, 2.75) is 13.3 Å². The summed E-state index contributed by atoms with van der Waals surface area (Å²) in [5.74, 6) is -0.0758. The van der Waals surface area contributed by atoms with Gasteiger partial charge in [-0.25, -0.2) is 0 Å². The Bertz CT molecular complexity index is 443. The Hall–Kier alpha value is -2.09. The molecule has 0 unspecified atom stereocenters. The highest BCUT2D eigenvalue weighted by molar-refractivity contribution is 5.95. The summed E-state index contributed by atoms with van der Waals surface area (Å²) in [6.45, 7) is 2.97. The predicted molar refractivity (Wildman–Crippen MR) is 69.1 cm³/mol. The number of aryl methyl sites for hydroxylation is 1. The fraction of sp³-hybridized carbons (Fsp3) is 0.545. The van der Waals surface area contributed by atoms with Crippen LogP contribution in [0, 0.1) is 6.92 Å². The van der Waals surface area contributed by atoms with E-state index in [1.807, 2.05) is 0 Å². The molecule has 0 aliphatic carbocycles. The van der Waals surface area contributed by atoms with Crippen molar-refractivity contribution in [3.63, 3.8) is 0 Å². The Morgan fingerprint density at radius 3 is 2.89 bits per heavy atom. The lowest BCUT2D eigenvalue weighted by Gasteiger charge is -2.21. The van der Waals surface area contributed by atoms with Crippen LogP contribution in [0.2, 0.25) is 0 Å². The van der Waals surface area contributed by atoms with Crippen LogP contribution in [0.3, 0.4) is 0 Å². The highest BCUT2D eigenvalue weighted by Gasteiger charge is 2.18. The average molecular weight is 269 g/mol. The predicted octanol–water partition coefficient (Wildman–Crippen LogP) is -0.0568. The molecule has 0 bridgehead atoms. The van der Waals surface area contributed by atoms with Gasteiger partial charge in [0, 0.05) is 32.3 Å². The molecular formula is C11H19N5O3. The SMILES string of the molecule is COCCN(CCC(N)=NO)C(=O)c1cn[nH]c1C. The third-order valence-corrected chi connectivity index (χ3v) is 2.68. The van der Waals surface area contributed by atoms with Gasteiger partial charge >= 0.3 is 0 Å². The van der Waals surface area contributed by atoms with Gasteiger partial charge in [0.2, 0.25) is 0 Å². The first-order valence-corrected chi connectivity index (χ1v) is 5.84. The molecule has 0 aromatic carbocycles. The number of amides is 1. The molecule has 0 saturated heterocycles. The molecule has 0 atom stereocenters. The zero-order valence-electron chi connectivity index (χ0n) is 11.1. The normalized spacial score (nSPS) is 11.6. The number of nitrogens with zero attached hydrogens (tertiary/aromatic N) is 3. The average Bonchev–Trinajstić information content (AvgIpc) is 2.84. The lowest BCUT2D eigenvalue weighted by atomic mass is 10.2. The van der Waals surface area contributed by atoms with E-state index in [9.17, 15) is 4.79 Å². The van der Waals surface area contributed by atoms with E-state index < -0.39 is 0 Å². The van der Waals surface area contributed by atoms with Gasteiger partial charge in [0.15, 0.2) is 0 Å². The second-order valence-corrected chi connectivity index (χ2v) is 4.04. The number of aromatic amines is 1. The van der Waals surface area contributed by atoms with E-state index in [4.69, 9.17) is 15.7 Å². The second kappa shape index (κ2) is 7.37. The number of amidine groups is 1. The third-order valence-electron chi connectivity index (χ3n) is 2.68. The van der Waals surface area contributed by atoms with Crippen molar-refractivity contribution in [1.82, 2.24) is 15.1 Å². The molecule has 0 aliphatic rings. The highest BCUT2D eigenvalue weighted by Crippen LogP contribution is 2.08. The Kier molecular flexibility index (Phi) is 5.80. The minimum absolute atomic E-state index is 0.0825. The van der Waals surface area contributed by atoms with Gasteiger partial charge in [-0.2, -0.15) is 5.10 Å². The fourth-order valence-electron chi connectivity index (χ4n) is 1.55. The van der Waals surface area contributed by atoms with Gasteiger partial charge in [-0.05, 0) is 6.92 Å². The van der Waals surface area contributed by atoms with Crippen LogP contribution in [-0.2, 0) is 4.74 Å². The largest absolute Gasteiger partial charge is 0.409 e. The van der Waals surface area contributed by atoms with Crippen LogP contribution < -0.4 is 5.73 Å². The van der Waals surface area contributed by atoms with Crippen LogP contribution in [0.25, 0.3) is 0 Å². The van der Waals surface area contributed by atoms with Gasteiger partial charge in [0.25, 0.3) is 5.91 Å². The first kappa shape index (κ1) is 15.0. The monoisotopic (exact) mass is 269 g/mol. The first-order chi connectivity index (χ1) is 9.10. The smallest absolute Gasteiger partial charge is 0.257 e. The molecule has 0 fully saturated rings. The van der Waals surface area contributed by atoms with Gasteiger partial charge in [0.1, 0.15) is 5.84 Å². The molecule has 19 heavy (non-hydrogen) atoms. The number of hydrogen-bond donors (Lipinski definition) is 3. The number of H-pyrrole nitrogens is 1. The lowest BCUT2D eigenvalue weighted by Crippen LogP contribution is -2.36. The van der Waals surface area contributed by atoms with Crippen LogP contribution in [-0.4, -0.2) is 58.9 Å². The first-order valence-electron chi connectivity index (χ1n) is 5.84. The summed E-state index contributed by atoms with van der Waals surface area (Å²) in [7, 11) is 1.56. The molecule has 1 aromatic heterocycles. The number of oxime groups is 1. The van der Waals surface area contributed by atoms with Gasteiger partial charge in [-0.3, -0.25) is 9.89 Å². The van der Waals surface area contributed by atoms with Crippen LogP contribution in [0.4, 0.5) is 0 Å². The molecule has 0 aliphatic heterocycles. The van der Waals surface area contributed by atoms with Crippen molar-refractivity contribution in [1.29, 1.82) is 0 Å². The molecule has 0 spiro atoms. The number of methoxy groups -OCH3 is 1. The summed E-state index contributed by atoms with van der Waals surface area (Å²) in [5, 5.41) is 17.9. The number of carbonyl (C=O) groups is 1. The Balaban J connectivity index is 2.73. The summed E-state index contributed by atoms with van der Waals surface area (Å²) < 4.78 is 4.98. The van der Waals surface area contributed by atoms with Crippen molar-refractivity contribution in [2.75, 3.05) is 26.8 Å². The van der Waals surface area contributed by atoms with E-state index in [0.717, 1.165) is 0 Å². The van der Waals surface area contributed by atoms with E-state index in [2.05, 4.69) is 15.4 Å². The summed E-state index contributed by atoms with van der Waals surface area (Å²) in [6.07, 6.45) is 1.78. The Morgan fingerprint density at radius 1 is 1.63 bits per heavy atom. The zero-order chi connectivity index (χ0) is 14.3. The number of nitrogens with two attached hydrogens (primary N) is 1. The third kappa shape index (κ3) is 4.25. The molecular weight excluding hydrogens is 250 g/mol. The highest BCUT2D eigenvalue weighted by atomic mass is 16.5. The number of ether oxygens (including phenoxy) is 1. The molecule has 8 heteroatoms. The second-order valence-electron chi connectivity index (χ2n) is 4.04. The van der Waals surface area contributed by atoms with Crippen LogP contribution >= 0.6 is 0 Å². The number of nitrogens with one attached hydrogen (secondary N) is 1. The maximum atomic E-state index is 12.3. The number of rotatable bonds is 7. The maximum Gasteiger partial charge on any atom is 0.257 e. The van der Waals surface area contributed by atoms with Crippen molar-refractivity contribution < 1.29 is 14.7 Å². The van der Waals surface area contributed by atoms with E-state index in [1.165, 1.54) is 6.20 Å². The van der Waals surface area contributed by atoms with Gasteiger partial charge in [0.05, 0.1) is 18.4 Å². The van der Waals surface area contributed by atoms with Crippen molar-refractivity contribution in [3.8, 4) is 0 Å². The standard InChI is InChI=1S/C11H19N5O3/c1-8-9(7-13-14-8)11(17)16(5-6-19-2)4-3-10(12)15-18/h7,18H,3-6H2,1-2H3,(H2,12,15)(H,13,14). The van der Waals surface area contributed by atoms with Gasteiger partial charge in [-0.1, -0.05) is 5.16 Å². The molecule has 1 aromatic rings. The lowest BCUT2D eigenvalue weighted by molar-refractivity contribution is 0.0700. The van der Waals surface area contributed by atoms with Crippen molar-refractivity contribution in [3.05, 3.63) is 17.5 Å². The van der Waals surface area contributed by atoms with E-state index in [-0.39, 0.29) is 11.7 Å². The number of hydrogen-bond acceptors (Lipinski definition) is 5. The van der Waals surface area contributed by atoms with Crippen LogP contribution in [0.15, 0.2) is 11.4 Å². The van der Waals surface area contributed by atoms with E-state index >= 15 is 0 Å². The summed E-state index contributed by atoms with van der Waals surface area (Å²) in [5.41, 5.74) is 6.63. The molecule has 4 N–H and O–H groups in total. The zero-order valence-corrected chi connectivity index (χ0v) is 11.1. The molecule has 1 amide bonds. The Labute approximate surface area is 111 Å². The fourth-order valence-corrected chi connectivity index (χ4v) is 1.55. The molecule has 1 rings (SSSR count). The van der Waals surface area contributed by atoms with Crippen molar-refractivity contribution in [2.24, 2.45) is 10.9 Å². The topological polar surface area (TPSA) is 117 Å². The quantitative estimate of drug-likeness (QED) is 0.277. The summed E-state index contributed by atoms with van der Waals surface area (Å²) in [4.78, 5) is 13.9. The van der Waals surface area contributed by atoms with E-state index in [0.29, 0.717) is 37.4 Å². The van der Waals surface area contributed by atoms with Crippen LogP contribution in [0.1, 0.15) is 22.5 Å².